The smallest absolute Gasteiger partial charge is 0.276 e. The first-order valence-electron chi connectivity index (χ1n) is 10.6. The van der Waals surface area contributed by atoms with Gasteiger partial charge in [0.1, 0.15) is 18.2 Å². The molecule has 0 amide bonds. The summed E-state index contributed by atoms with van der Waals surface area (Å²) in [5.74, 6) is -4.33. The van der Waals surface area contributed by atoms with E-state index in [0.29, 0.717) is 6.07 Å². The summed E-state index contributed by atoms with van der Waals surface area (Å²) in [6.45, 7) is 2.53. The van der Waals surface area contributed by atoms with E-state index in [-0.39, 0.29) is 30.1 Å². The summed E-state index contributed by atoms with van der Waals surface area (Å²) in [4.78, 5) is 41.8. The van der Waals surface area contributed by atoms with Crippen molar-refractivity contribution in [3.05, 3.63) is 109 Å². The van der Waals surface area contributed by atoms with E-state index < -0.39 is 56.4 Å². The average Bonchev–Trinajstić information content (AvgIpc) is 2.83. The number of hydrogen-bond acceptors (Lipinski definition) is 7. The molecule has 0 aliphatic heterocycles. The van der Waals surface area contributed by atoms with Crippen LogP contribution >= 0.6 is 0 Å². The van der Waals surface area contributed by atoms with Crippen molar-refractivity contribution in [2.75, 3.05) is 0 Å². The van der Waals surface area contributed by atoms with Crippen LogP contribution in [0, 0.1) is 37.7 Å². The molecule has 12 heteroatoms. The minimum Gasteiger partial charge on any atom is -0.486 e. The van der Waals surface area contributed by atoms with Gasteiger partial charge in [0.2, 0.25) is 0 Å². The Balaban J connectivity index is 0.000000281. The number of carbonyl (C=O) groups is 2. The second-order valence-corrected chi connectivity index (χ2v) is 7.78. The maximum absolute atomic E-state index is 14.4. The van der Waals surface area contributed by atoms with Gasteiger partial charge in [-0.3, -0.25) is 29.8 Å². The van der Waals surface area contributed by atoms with Gasteiger partial charge < -0.3 is 4.74 Å². The fraction of sp³-hybridized carbons (Fsp3) is 0.200. The van der Waals surface area contributed by atoms with Gasteiger partial charge >= 0.3 is 0 Å². The minimum absolute atomic E-state index is 0.106. The van der Waals surface area contributed by atoms with E-state index in [4.69, 9.17) is 4.74 Å². The highest BCUT2D eigenvalue weighted by molar-refractivity contribution is 5.80. The molecule has 194 valence electrons. The molecule has 0 aliphatic rings. The van der Waals surface area contributed by atoms with Gasteiger partial charge in [0, 0.05) is 25.0 Å². The number of hydrogen-bond donors (Lipinski definition) is 0. The van der Waals surface area contributed by atoms with Gasteiger partial charge in [0.05, 0.1) is 21.0 Å². The van der Waals surface area contributed by atoms with Crippen molar-refractivity contribution in [2.24, 2.45) is 0 Å². The number of carbonyl (C=O) groups excluding carboxylic acids is 2. The van der Waals surface area contributed by atoms with Gasteiger partial charge in [-0.25, -0.2) is 13.2 Å². The molecule has 0 radical (unpaired) electrons. The van der Waals surface area contributed by atoms with E-state index in [0.717, 1.165) is 24.6 Å². The van der Waals surface area contributed by atoms with Crippen LogP contribution in [0.1, 0.15) is 30.5 Å². The zero-order chi connectivity index (χ0) is 27.7. The molecule has 0 heterocycles. The van der Waals surface area contributed by atoms with E-state index >= 15 is 0 Å². The third kappa shape index (κ3) is 7.95. The Morgan fingerprint density at radius 2 is 1.24 bits per heavy atom. The molecule has 3 rings (SSSR count). The third-order valence-corrected chi connectivity index (χ3v) is 4.84. The molecule has 0 spiro atoms. The van der Waals surface area contributed by atoms with Crippen LogP contribution in [0.3, 0.4) is 0 Å². The molecule has 37 heavy (non-hydrogen) atoms. The van der Waals surface area contributed by atoms with Gasteiger partial charge in [-0.2, -0.15) is 0 Å². The molecule has 0 fully saturated rings. The van der Waals surface area contributed by atoms with E-state index in [1.165, 1.54) is 13.0 Å². The molecule has 0 bridgehead atoms. The summed E-state index contributed by atoms with van der Waals surface area (Å²) in [6, 6.07) is 13.0. The lowest BCUT2D eigenvalue weighted by Gasteiger charge is -2.10. The molecule has 9 nitrogen and oxygen atoms in total. The molecule has 0 saturated carbocycles. The Morgan fingerprint density at radius 1 is 0.757 bits per heavy atom. The number of ketones is 2. The Morgan fingerprint density at radius 3 is 1.73 bits per heavy atom. The molecule has 0 saturated heterocycles. The minimum atomic E-state index is -1.33. The van der Waals surface area contributed by atoms with Crippen LogP contribution in [0.2, 0.25) is 0 Å². The topological polar surface area (TPSA) is 130 Å². The van der Waals surface area contributed by atoms with Crippen LogP contribution in [0.25, 0.3) is 0 Å². The molecular weight excluding hydrogens is 497 g/mol. The van der Waals surface area contributed by atoms with Crippen LogP contribution in [-0.4, -0.2) is 21.4 Å². The summed E-state index contributed by atoms with van der Waals surface area (Å²) in [6.07, 6.45) is -0.829. The van der Waals surface area contributed by atoms with Crippen molar-refractivity contribution in [1.29, 1.82) is 0 Å². The van der Waals surface area contributed by atoms with E-state index in [9.17, 15) is 43.0 Å². The molecule has 0 N–H and O–H groups in total. The highest BCUT2D eigenvalue weighted by atomic mass is 19.2. The maximum Gasteiger partial charge on any atom is 0.276 e. The number of halogens is 3. The van der Waals surface area contributed by atoms with E-state index in [2.05, 4.69) is 0 Å². The molecule has 3 aromatic rings. The third-order valence-electron chi connectivity index (χ3n) is 4.84. The van der Waals surface area contributed by atoms with E-state index in [1.807, 2.05) is 30.3 Å². The van der Waals surface area contributed by atoms with Crippen LogP contribution in [0.15, 0.2) is 54.6 Å². The lowest BCUT2D eigenvalue weighted by Crippen LogP contribution is -2.07. The fourth-order valence-corrected chi connectivity index (χ4v) is 3.20. The highest BCUT2D eigenvalue weighted by Crippen LogP contribution is 2.30. The van der Waals surface area contributed by atoms with Gasteiger partial charge in [-0.1, -0.05) is 30.3 Å². The molecule has 0 unspecified atom stereocenters. The lowest BCUT2D eigenvalue weighted by molar-refractivity contribution is -0.385. The highest BCUT2D eigenvalue weighted by Gasteiger charge is 2.23. The van der Waals surface area contributed by atoms with Gasteiger partial charge in [0.15, 0.2) is 23.2 Å². The predicted octanol–water partition coefficient (Wildman–Crippen LogP) is 5.45. The Bertz CT molecular complexity index is 1330. The monoisotopic (exact) mass is 518 g/mol. The second-order valence-electron chi connectivity index (χ2n) is 7.78. The van der Waals surface area contributed by atoms with Crippen LogP contribution in [0.5, 0.6) is 5.75 Å². The summed E-state index contributed by atoms with van der Waals surface area (Å²) in [5, 5.41) is 21.4. The Labute approximate surface area is 208 Å². The quantitative estimate of drug-likeness (QED) is 0.272. The first kappa shape index (κ1) is 28.6. The normalized spacial score (nSPS) is 10.2. The number of nitrogens with zero attached hydrogens (tertiary/aromatic N) is 2. The molecule has 3 aromatic carbocycles. The number of Topliss-reactive ketones (excluding diaryl/α,β-unsaturated/α-hetero) is 2. The van der Waals surface area contributed by atoms with Crippen molar-refractivity contribution >= 4 is 22.9 Å². The zero-order valence-corrected chi connectivity index (χ0v) is 19.7. The largest absolute Gasteiger partial charge is 0.486 e. The van der Waals surface area contributed by atoms with Crippen molar-refractivity contribution in [3.8, 4) is 5.75 Å². The molecule has 0 aliphatic carbocycles. The number of rotatable bonds is 9. The SMILES string of the molecule is CC(=O)Cc1c([N+](=O)[O-])ccc(F)c1F.CC(=O)Cc1c([N+](=O)[O-])ccc(OCc2ccccc2)c1F. The average molecular weight is 518 g/mol. The fourth-order valence-electron chi connectivity index (χ4n) is 3.20. The first-order valence-corrected chi connectivity index (χ1v) is 10.6. The second kappa shape index (κ2) is 12.9. The standard InChI is InChI=1S/C16H14FNO4.C9H7F2NO3/c1-11(19)9-13-14(18(20)21)7-8-15(16(13)17)22-10-12-5-3-2-4-6-12;1-5(13)4-6-8(12(14)15)3-2-7(10)9(6)11/h2-8H,9-10H2,1H3;2-3H,4H2,1H3. The maximum atomic E-state index is 14.4. The van der Waals surface area contributed by atoms with Crippen molar-refractivity contribution in [3.63, 3.8) is 0 Å². The van der Waals surface area contributed by atoms with E-state index in [1.54, 1.807) is 0 Å². The van der Waals surface area contributed by atoms with Crippen LogP contribution < -0.4 is 4.74 Å². The summed E-state index contributed by atoms with van der Waals surface area (Å²) in [7, 11) is 0. The number of ether oxygens (including phenoxy) is 1. The van der Waals surface area contributed by atoms with Gasteiger partial charge in [0.25, 0.3) is 11.4 Å². The van der Waals surface area contributed by atoms with Gasteiger partial charge in [-0.15, -0.1) is 0 Å². The summed E-state index contributed by atoms with van der Waals surface area (Å²) < 4.78 is 45.7. The van der Waals surface area contributed by atoms with Crippen molar-refractivity contribution < 1.29 is 37.3 Å². The summed E-state index contributed by atoms with van der Waals surface area (Å²) >= 11 is 0. The van der Waals surface area contributed by atoms with Crippen molar-refractivity contribution in [1.82, 2.24) is 0 Å². The summed E-state index contributed by atoms with van der Waals surface area (Å²) in [5.41, 5.74) is -0.909. The zero-order valence-electron chi connectivity index (χ0n) is 19.7. The number of benzene rings is 3. The van der Waals surface area contributed by atoms with Crippen molar-refractivity contribution in [2.45, 2.75) is 33.3 Å². The van der Waals surface area contributed by atoms with Gasteiger partial charge in [-0.05, 0) is 31.5 Å². The molecular formula is C25H21F3N2O7. The van der Waals surface area contributed by atoms with Crippen LogP contribution in [-0.2, 0) is 29.0 Å². The predicted molar refractivity (Wildman–Crippen MR) is 126 cm³/mol. The molecule has 0 aromatic heterocycles. The Hall–Kier alpha value is -4.61. The number of nitro benzene ring substituents is 2. The molecule has 0 atom stereocenters. The number of nitro groups is 2. The Kier molecular flexibility index (Phi) is 9.99. The lowest BCUT2D eigenvalue weighted by atomic mass is 10.1. The first-order chi connectivity index (χ1) is 17.4. The van der Waals surface area contributed by atoms with Crippen LogP contribution in [0.4, 0.5) is 24.5 Å².